The zero-order chi connectivity index (χ0) is 30.1. The van der Waals surface area contributed by atoms with Crippen LogP contribution >= 0.6 is 11.6 Å². The topological polar surface area (TPSA) is 120 Å². The number of carbonyl (C=O) groups excluding carboxylic acids is 2. The Kier molecular flexibility index (Phi) is 8.04. The number of carbonyl (C=O) groups is 2. The molecule has 9 nitrogen and oxygen atoms in total. The number of allylic oxidation sites excluding steroid dienone is 3. The van der Waals surface area contributed by atoms with Gasteiger partial charge in [-0.05, 0) is 67.1 Å². The van der Waals surface area contributed by atoms with Crippen molar-refractivity contribution in [2.24, 2.45) is 0 Å². The summed E-state index contributed by atoms with van der Waals surface area (Å²) < 4.78 is 10.8. The van der Waals surface area contributed by atoms with Crippen LogP contribution in [0.2, 0.25) is 5.02 Å². The molecular formula is C32H30ClN3O6. The molecule has 2 aliphatic rings. The van der Waals surface area contributed by atoms with Gasteiger partial charge in [0.25, 0.3) is 11.6 Å². The zero-order valence-corrected chi connectivity index (χ0v) is 24.4. The second-order valence-electron chi connectivity index (χ2n) is 10.4. The van der Waals surface area contributed by atoms with Crippen LogP contribution < -0.4 is 20.1 Å². The molecule has 0 fully saturated rings. The summed E-state index contributed by atoms with van der Waals surface area (Å²) in [5, 5.41) is 18.1. The van der Waals surface area contributed by atoms with Crippen LogP contribution in [0.3, 0.4) is 0 Å². The van der Waals surface area contributed by atoms with E-state index in [0.29, 0.717) is 51.7 Å². The third-order valence-corrected chi connectivity index (χ3v) is 8.16. The van der Waals surface area contributed by atoms with E-state index in [0.717, 1.165) is 11.1 Å². The Morgan fingerprint density at radius 1 is 1.00 bits per heavy atom. The number of methoxy groups -OCH3 is 2. The molecule has 0 unspecified atom stereocenters. The number of ether oxygens (including phenoxy) is 2. The number of dihydropyridines is 1. The second kappa shape index (κ2) is 11.7. The monoisotopic (exact) mass is 587 g/mol. The molecule has 1 heterocycles. The first-order valence-corrected chi connectivity index (χ1v) is 13.8. The van der Waals surface area contributed by atoms with Gasteiger partial charge >= 0.3 is 0 Å². The number of nitro benzene ring substituents is 1. The molecule has 1 amide bonds. The molecule has 0 aromatic heterocycles. The fourth-order valence-electron chi connectivity index (χ4n) is 5.77. The lowest BCUT2D eigenvalue weighted by atomic mass is 9.71. The minimum absolute atomic E-state index is 0.0259. The van der Waals surface area contributed by atoms with Crippen molar-refractivity contribution in [3.05, 3.63) is 115 Å². The van der Waals surface area contributed by atoms with Gasteiger partial charge < -0.3 is 20.1 Å². The summed E-state index contributed by atoms with van der Waals surface area (Å²) in [5.41, 5.74) is 4.53. The van der Waals surface area contributed by atoms with E-state index in [2.05, 4.69) is 10.6 Å². The van der Waals surface area contributed by atoms with Gasteiger partial charge in [0.2, 0.25) is 0 Å². The predicted octanol–water partition coefficient (Wildman–Crippen LogP) is 6.57. The van der Waals surface area contributed by atoms with Crippen molar-refractivity contribution in [3.8, 4) is 11.5 Å². The fraction of sp³-hybridized carbons (Fsp3) is 0.250. The number of para-hydroxylation sites is 1. The van der Waals surface area contributed by atoms with Crippen LogP contribution in [-0.2, 0) is 9.59 Å². The van der Waals surface area contributed by atoms with Gasteiger partial charge in [0.05, 0.1) is 19.1 Å². The number of Topliss-reactive ketones (excluding diaryl/α,β-unsaturated/α-hetero) is 1. The fourth-order valence-corrected chi connectivity index (χ4v) is 5.95. The lowest BCUT2D eigenvalue weighted by molar-refractivity contribution is -0.384. The molecule has 2 N–H and O–H groups in total. The number of hydrogen-bond acceptors (Lipinski definition) is 7. The summed E-state index contributed by atoms with van der Waals surface area (Å²) in [5.74, 6) is -0.389. The second-order valence-corrected chi connectivity index (χ2v) is 10.8. The molecule has 1 aliphatic heterocycles. The number of amides is 1. The van der Waals surface area contributed by atoms with E-state index in [4.69, 9.17) is 21.1 Å². The van der Waals surface area contributed by atoms with Crippen LogP contribution in [-0.4, -0.2) is 30.8 Å². The first-order valence-electron chi connectivity index (χ1n) is 13.4. The highest BCUT2D eigenvalue weighted by Gasteiger charge is 2.41. The Bertz CT molecular complexity index is 1680. The number of nitrogens with zero attached hydrogens (tertiary/aromatic N) is 1. The van der Waals surface area contributed by atoms with Gasteiger partial charge in [-0.2, -0.15) is 0 Å². The molecule has 0 bridgehead atoms. The molecule has 216 valence electrons. The van der Waals surface area contributed by atoms with Crippen LogP contribution in [0.4, 0.5) is 11.4 Å². The van der Waals surface area contributed by atoms with Crippen molar-refractivity contribution < 1.29 is 24.0 Å². The first kappa shape index (κ1) is 28.9. The molecule has 5 rings (SSSR count). The van der Waals surface area contributed by atoms with E-state index in [1.165, 1.54) is 12.1 Å². The minimum Gasteiger partial charge on any atom is -0.493 e. The molecule has 10 heteroatoms. The summed E-state index contributed by atoms with van der Waals surface area (Å²) >= 11 is 6.14. The molecular weight excluding hydrogens is 558 g/mol. The highest BCUT2D eigenvalue weighted by atomic mass is 35.5. The van der Waals surface area contributed by atoms with Gasteiger partial charge in [-0.3, -0.25) is 19.7 Å². The number of nitro groups is 1. The summed E-state index contributed by atoms with van der Waals surface area (Å²) in [6, 6.07) is 17.4. The van der Waals surface area contributed by atoms with Crippen LogP contribution in [0, 0.1) is 17.0 Å². The third kappa shape index (κ3) is 5.35. The normalized spacial score (nSPS) is 18.3. The van der Waals surface area contributed by atoms with E-state index in [1.807, 2.05) is 43.3 Å². The van der Waals surface area contributed by atoms with Crippen LogP contribution in [0.15, 0.2) is 83.2 Å². The SMILES string of the molecule is COc1ccc([C@H]2CC(=O)C3=C(C2)NC(C)=C(C(=O)Nc2ccccc2C)[C@@H]3c2ccc(Cl)c([N+](=O)[O-])c2)cc1OC. The van der Waals surface area contributed by atoms with Crippen LogP contribution in [0.5, 0.6) is 11.5 Å². The molecule has 0 spiro atoms. The number of nitrogens with one attached hydrogen (secondary N) is 2. The number of anilines is 1. The Hall–Kier alpha value is -4.63. The number of ketones is 1. The number of hydrogen-bond donors (Lipinski definition) is 2. The van der Waals surface area contributed by atoms with Gasteiger partial charge in [-0.15, -0.1) is 0 Å². The van der Waals surface area contributed by atoms with Gasteiger partial charge in [0.1, 0.15) is 5.02 Å². The molecule has 0 saturated heterocycles. The summed E-state index contributed by atoms with van der Waals surface area (Å²) in [6.45, 7) is 3.66. The van der Waals surface area contributed by atoms with Crippen molar-refractivity contribution in [2.75, 3.05) is 19.5 Å². The quantitative estimate of drug-likeness (QED) is 0.237. The third-order valence-electron chi connectivity index (χ3n) is 7.84. The predicted molar refractivity (Wildman–Crippen MR) is 160 cm³/mol. The average Bonchev–Trinajstić information content (AvgIpc) is 2.97. The van der Waals surface area contributed by atoms with Crippen molar-refractivity contribution in [1.29, 1.82) is 0 Å². The summed E-state index contributed by atoms with van der Waals surface area (Å²) in [7, 11) is 3.12. The molecule has 1 aliphatic carbocycles. The van der Waals surface area contributed by atoms with Gasteiger partial charge in [0, 0.05) is 46.6 Å². The van der Waals surface area contributed by atoms with Gasteiger partial charge in [-0.1, -0.05) is 41.9 Å². The molecule has 42 heavy (non-hydrogen) atoms. The molecule has 3 aromatic carbocycles. The maximum Gasteiger partial charge on any atom is 0.288 e. The van der Waals surface area contributed by atoms with Crippen LogP contribution in [0.1, 0.15) is 48.3 Å². The lowest BCUT2D eigenvalue weighted by Crippen LogP contribution is -2.37. The highest BCUT2D eigenvalue weighted by Crippen LogP contribution is 2.47. The summed E-state index contributed by atoms with van der Waals surface area (Å²) in [4.78, 5) is 39.1. The van der Waals surface area contributed by atoms with Gasteiger partial charge in [0.15, 0.2) is 17.3 Å². The number of aryl methyl sites for hydroxylation is 1. The molecule has 2 atom stereocenters. The highest BCUT2D eigenvalue weighted by molar-refractivity contribution is 6.32. The Morgan fingerprint density at radius 3 is 2.40 bits per heavy atom. The standard InChI is InChI=1S/C32H30ClN3O6/c1-17-7-5-6-8-23(17)35-32(38)29-18(2)34-24-13-21(19-10-12-27(41-3)28(16-19)42-4)15-26(37)31(24)30(29)20-9-11-22(33)25(14-20)36(39)40/h5-12,14,16,21,30,34H,13,15H2,1-4H3,(H,35,38)/t21-,30+/m1/s1. The van der Waals surface area contributed by atoms with E-state index >= 15 is 0 Å². The smallest absolute Gasteiger partial charge is 0.288 e. The zero-order valence-electron chi connectivity index (χ0n) is 23.6. The first-order chi connectivity index (χ1) is 20.1. The Morgan fingerprint density at radius 2 is 1.71 bits per heavy atom. The number of rotatable bonds is 7. The average molecular weight is 588 g/mol. The Balaban J connectivity index is 1.60. The van der Waals surface area contributed by atoms with E-state index in [-0.39, 0.29) is 28.8 Å². The maximum atomic E-state index is 14.0. The van der Waals surface area contributed by atoms with Crippen molar-refractivity contribution in [1.82, 2.24) is 5.32 Å². The lowest BCUT2D eigenvalue weighted by Gasteiger charge is -2.37. The molecule has 0 saturated carbocycles. The molecule has 3 aromatic rings. The number of halogens is 1. The van der Waals surface area contributed by atoms with E-state index < -0.39 is 16.7 Å². The molecule has 0 radical (unpaired) electrons. The Labute approximate surface area is 248 Å². The van der Waals surface area contributed by atoms with Crippen LogP contribution in [0.25, 0.3) is 0 Å². The maximum absolute atomic E-state index is 14.0. The van der Waals surface area contributed by atoms with Crippen molar-refractivity contribution >= 4 is 34.7 Å². The minimum atomic E-state index is -0.833. The van der Waals surface area contributed by atoms with E-state index in [1.54, 1.807) is 33.3 Å². The van der Waals surface area contributed by atoms with Gasteiger partial charge in [-0.25, -0.2) is 0 Å². The van der Waals surface area contributed by atoms with Crippen molar-refractivity contribution in [3.63, 3.8) is 0 Å². The van der Waals surface area contributed by atoms with Crippen molar-refractivity contribution in [2.45, 2.75) is 38.5 Å². The van der Waals surface area contributed by atoms with E-state index in [9.17, 15) is 19.7 Å². The largest absolute Gasteiger partial charge is 0.493 e. The summed E-state index contributed by atoms with van der Waals surface area (Å²) in [6.07, 6.45) is 0.681. The number of benzene rings is 3.